The summed E-state index contributed by atoms with van der Waals surface area (Å²) in [7, 11) is 0. The molecule has 3 rings (SSSR count). The second kappa shape index (κ2) is 12.1. The van der Waals surface area contributed by atoms with Gasteiger partial charge in [0, 0.05) is 39.3 Å². The van der Waals surface area contributed by atoms with Crippen LogP contribution in [0.4, 0.5) is 0 Å². The average molecular weight is 425 g/mol. The van der Waals surface area contributed by atoms with E-state index in [9.17, 15) is 0 Å². The molecule has 0 amide bonds. The number of nitrogens with zero attached hydrogens (tertiary/aromatic N) is 2. The van der Waals surface area contributed by atoms with Crippen molar-refractivity contribution < 1.29 is 9.47 Å². The molecule has 1 saturated heterocycles. The van der Waals surface area contributed by atoms with Gasteiger partial charge in [-0.1, -0.05) is 41.0 Å². The van der Waals surface area contributed by atoms with Crippen LogP contribution in [0.5, 0.6) is 11.5 Å². The molecule has 0 N–H and O–H groups in total. The van der Waals surface area contributed by atoms with Gasteiger partial charge in [0.25, 0.3) is 0 Å². The number of fused-ring (bicyclic) bond motifs is 1. The molecular weight excluding hydrogens is 384 g/mol. The maximum Gasteiger partial charge on any atom is 0.231 e. The lowest BCUT2D eigenvalue weighted by Gasteiger charge is -2.34. The van der Waals surface area contributed by atoms with Crippen LogP contribution in [0.25, 0.3) is 0 Å². The Balaban J connectivity index is 1.33. The zero-order valence-electron chi connectivity index (χ0n) is 20.0. The highest BCUT2D eigenvalue weighted by atomic mass is 16.7. The monoisotopic (exact) mass is 424 g/mol. The molecule has 0 unspecified atom stereocenters. The fraction of sp³-hybridized carbons (Fsp3) is 0.556. The van der Waals surface area contributed by atoms with Gasteiger partial charge in [0.2, 0.25) is 6.79 Å². The van der Waals surface area contributed by atoms with E-state index in [4.69, 9.17) is 9.47 Å². The van der Waals surface area contributed by atoms with Gasteiger partial charge < -0.3 is 9.47 Å². The van der Waals surface area contributed by atoms with Crippen molar-refractivity contribution in [3.05, 3.63) is 58.7 Å². The number of ether oxygens (including phenoxy) is 2. The lowest BCUT2D eigenvalue weighted by Crippen LogP contribution is -2.45. The van der Waals surface area contributed by atoms with Crippen LogP contribution in [0, 0.1) is 0 Å². The number of piperazine rings is 1. The summed E-state index contributed by atoms with van der Waals surface area (Å²) in [6, 6.07) is 6.31. The van der Waals surface area contributed by atoms with Crippen molar-refractivity contribution in [2.75, 3.05) is 39.5 Å². The Kier molecular flexibility index (Phi) is 9.23. The largest absolute Gasteiger partial charge is 0.454 e. The highest BCUT2D eigenvalue weighted by Gasteiger charge is 2.18. The van der Waals surface area contributed by atoms with Crippen LogP contribution in [-0.4, -0.2) is 49.3 Å². The van der Waals surface area contributed by atoms with Crippen molar-refractivity contribution in [3.63, 3.8) is 0 Å². The first-order chi connectivity index (χ1) is 15.0. The Hall–Kier alpha value is -2.04. The summed E-state index contributed by atoms with van der Waals surface area (Å²) in [5.74, 6) is 1.75. The number of allylic oxidation sites excluding steroid dienone is 5. The highest BCUT2D eigenvalue weighted by Crippen LogP contribution is 2.32. The van der Waals surface area contributed by atoms with Crippen molar-refractivity contribution in [2.24, 2.45) is 0 Å². The lowest BCUT2D eigenvalue weighted by atomic mass is 10.1. The van der Waals surface area contributed by atoms with Crippen LogP contribution in [0.15, 0.2) is 53.1 Å². The van der Waals surface area contributed by atoms with Crippen LogP contribution in [0.1, 0.15) is 58.9 Å². The molecule has 2 aliphatic heterocycles. The fourth-order valence-corrected chi connectivity index (χ4v) is 4.05. The maximum absolute atomic E-state index is 5.51. The maximum atomic E-state index is 5.51. The lowest BCUT2D eigenvalue weighted by molar-refractivity contribution is 0.136. The Labute approximate surface area is 189 Å². The van der Waals surface area contributed by atoms with Gasteiger partial charge in [-0.3, -0.25) is 9.80 Å². The molecule has 0 bridgehead atoms. The highest BCUT2D eigenvalue weighted by molar-refractivity contribution is 5.44. The van der Waals surface area contributed by atoms with Crippen LogP contribution in [0.2, 0.25) is 0 Å². The summed E-state index contributed by atoms with van der Waals surface area (Å²) >= 11 is 0. The first-order valence-corrected chi connectivity index (χ1v) is 11.8. The molecule has 0 spiro atoms. The molecule has 0 atom stereocenters. The van der Waals surface area contributed by atoms with Crippen molar-refractivity contribution in [1.29, 1.82) is 0 Å². The van der Waals surface area contributed by atoms with Crippen LogP contribution >= 0.6 is 0 Å². The van der Waals surface area contributed by atoms with E-state index in [1.54, 1.807) is 0 Å². The second-order valence-corrected chi connectivity index (χ2v) is 9.22. The summed E-state index contributed by atoms with van der Waals surface area (Å²) in [6.07, 6.45) is 11.9. The molecule has 1 fully saturated rings. The standard InChI is InChI=1S/C27H40N2O2/c1-22(2)7-5-8-23(3)9-6-10-24(4)13-14-28-15-17-29(18-16-28)20-25-11-12-26-27(19-25)31-21-30-26/h7,9,11-13,19H,5-6,8,10,14-18,20-21H2,1-4H3/b23-9+,24-13-. The summed E-state index contributed by atoms with van der Waals surface area (Å²) in [6.45, 7) is 15.8. The molecule has 170 valence electrons. The molecule has 4 nitrogen and oxygen atoms in total. The van der Waals surface area contributed by atoms with Gasteiger partial charge in [-0.05, 0) is 71.1 Å². The fourth-order valence-electron chi connectivity index (χ4n) is 4.05. The van der Waals surface area contributed by atoms with E-state index in [0.717, 1.165) is 57.2 Å². The molecule has 0 aliphatic carbocycles. The summed E-state index contributed by atoms with van der Waals surface area (Å²) in [4.78, 5) is 5.10. The van der Waals surface area contributed by atoms with Crippen molar-refractivity contribution in [3.8, 4) is 11.5 Å². The van der Waals surface area contributed by atoms with E-state index in [2.05, 4.69) is 67.9 Å². The van der Waals surface area contributed by atoms with Gasteiger partial charge in [0.05, 0.1) is 0 Å². The van der Waals surface area contributed by atoms with E-state index in [-0.39, 0.29) is 0 Å². The molecule has 0 radical (unpaired) electrons. The van der Waals surface area contributed by atoms with Crippen molar-refractivity contribution >= 4 is 0 Å². The molecule has 1 aromatic rings. The van der Waals surface area contributed by atoms with Crippen molar-refractivity contribution in [2.45, 2.75) is 59.9 Å². The molecule has 2 aliphatic rings. The minimum absolute atomic E-state index is 0.344. The van der Waals surface area contributed by atoms with Gasteiger partial charge in [0.1, 0.15) is 0 Å². The summed E-state index contributed by atoms with van der Waals surface area (Å²) < 4.78 is 10.9. The molecule has 31 heavy (non-hydrogen) atoms. The molecular formula is C27H40N2O2. The third-order valence-corrected chi connectivity index (χ3v) is 6.13. The normalized spacial score (nSPS) is 17.8. The third kappa shape index (κ3) is 8.19. The number of benzene rings is 1. The SMILES string of the molecule is CC(C)=CCC/C(C)=C/CC/C(C)=C\CN1CCN(Cc2ccc3c(c2)OCO3)CC1. The van der Waals surface area contributed by atoms with Gasteiger partial charge in [-0.2, -0.15) is 0 Å². The first-order valence-electron chi connectivity index (χ1n) is 11.8. The van der Waals surface area contributed by atoms with E-state index in [1.165, 1.54) is 41.5 Å². The predicted octanol–water partition coefficient (Wildman–Crippen LogP) is 5.95. The minimum atomic E-state index is 0.344. The topological polar surface area (TPSA) is 24.9 Å². The zero-order chi connectivity index (χ0) is 22.1. The van der Waals surface area contributed by atoms with Gasteiger partial charge >= 0.3 is 0 Å². The summed E-state index contributed by atoms with van der Waals surface area (Å²) in [5.41, 5.74) is 5.75. The smallest absolute Gasteiger partial charge is 0.231 e. The third-order valence-electron chi connectivity index (χ3n) is 6.13. The Morgan fingerprint density at radius 3 is 2.19 bits per heavy atom. The van der Waals surface area contributed by atoms with Crippen LogP contribution in [0.3, 0.4) is 0 Å². The van der Waals surface area contributed by atoms with Gasteiger partial charge in [0.15, 0.2) is 11.5 Å². The van der Waals surface area contributed by atoms with E-state index >= 15 is 0 Å². The molecule has 0 saturated carbocycles. The molecule has 2 heterocycles. The van der Waals surface area contributed by atoms with Crippen molar-refractivity contribution in [1.82, 2.24) is 9.80 Å². The second-order valence-electron chi connectivity index (χ2n) is 9.22. The molecule has 1 aromatic carbocycles. The summed E-state index contributed by atoms with van der Waals surface area (Å²) in [5, 5.41) is 0. The number of rotatable bonds is 10. The van der Waals surface area contributed by atoms with Gasteiger partial charge in [-0.15, -0.1) is 0 Å². The zero-order valence-corrected chi connectivity index (χ0v) is 20.0. The number of hydrogen-bond donors (Lipinski definition) is 0. The van der Waals surface area contributed by atoms with Gasteiger partial charge in [-0.25, -0.2) is 0 Å². The molecule has 4 heteroatoms. The van der Waals surface area contributed by atoms with E-state index in [1.807, 2.05) is 6.07 Å². The first kappa shape index (κ1) is 23.6. The van der Waals surface area contributed by atoms with E-state index in [0.29, 0.717) is 6.79 Å². The van der Waals surface area contributed by atoms with Crippen LogP contribution < -0.4 is 9.47 Å². The minimum Gasteiger partial charge on any atom is -0.454 e. The number of hydrogen-bond acceptors (Lipinski definition) is 4. The van der Waals surface area contributed by atoms with Crippen LogP contribution in [-0.2, 0) is 6.54 Å². The molecule has 0 aromatic heterocycles. The average Bonchev–Trinajstić information content (AvgIpc) is 3.21. The Morgan fingerprint density at radius 1 is 0.806 bits per heavy atom. The quantitative estimate of drug-likeness (QED) is 0.433. The van der Waals surface area contributed by atoms with E-state index < -0.39 is 0 Å². The Bertz CT molecular complexity index is 797. The predicted molar refractivity (Wildman–Crippen MR) is 130 cm³/mol. The Morgan fingerprint density at radius 2 is 1.45 bits per heavy atom.